The van der Waals surface area contributed by atoms with Gasteiger partial charge >= 0.3 is 0 Å². The molecule has 2 atom stereocenters. The molecule has 1 aliphatic rings. The van der Waals surface area contributed by atoms with E-state index in [0.29, 0.717) is 6.42 Å². The minimum Gasteiger partial charge on any atom is -0.229 e. The monoisotopic (exact) mass is 214 g/mol. The summed E-state index contributed by atoms with van der Waals surface area (Å²) in [6.45, 7) is 0. The standard InChI is InChI=1S/C10H11FO2S/c1-14(12,13)10-6-9(10)7-3-2-4-8(11)5-7/h2-5,9-10H,6H2,1H3/t9-,10+/m1/s1. The van der Waals surface area contributed by atoms with Gasteiger partial charge in [0.25, 0.3) is 0 Å². The maximum absolute atomic E-state index is 12.8. The summed E-state index contributed by atoms with van der Waals surface area (Å²) in [5.74, 6) is -0.303. The predicted molar refractivity (Wildman–Crippen MR) is 52.4 cm³/mol. The second kappa shape index (κ2) is 3.05. The zero-order valence-corrected chi connectivity index (χ0v) is 8.59. The van der Waals surface area contributed by atoms with Crippen LogP contribution in [-0.2, 0) is 9.84 Å². The van der Waals surface area contributed by atoms with Crippen molar-refractivity contribution in [1.82, 2.24) is 0 Å². The Bertz CT molecular complexity index is 453. The molecule has 2 rings (SSSR count). The van der Waals surface area contributed by atoms with Gasteiger partial charge in [0.2, 0.25) is 0 Å². The van der Waals surface area contributed by atoms with Crippen molar-refractivity contribution in [1.29, 1.82) is 0 Å². The molecule has 0 amide bonds. The Hall–Kier alpha value is -0.900. The van der Waals surface area contributed by atoms with Gasteiger partial charge in [0.1, 0.15) is 5.82 Å². The number of hydrogen-bond donors (Lipinski definition) is 0. The molecule has 1 aromatic rings. The highest BCUT2D eigenvalue weighted by atomic mass is 32.2. The van der Waals surface area contributed by atoms with Crippen LogP contribution in [0.25, 0.3) is 0 Å². The lowest BCUT2D eigenvalue weighted by Crippen LogP contribution is -2.05. The van der Waals surface area contributed by atoms with Crippen LogP contribution in [0.1, 0.15) is 17.9 Å². The minimum atomic E-state index is -2.96. The fraction of sp³-hybridized carbons (Fsp3) is 0.400. The molecule has 1 fully saturated rings. The van der Waals surface area contributed by atoms with Gasteiger partial charge in [-0.1, -0.05) is 12.1 Å². The summed E-state index contributed by atoms with van der Waals surface area (Å²) in [5, 5.41) is -0.302. The largest absolute Gasteiger partial charge is 0.229 e. The summed E-state index contributed by atoms with van der Waals surface area (Å²) in [7, 11) is -2.96. The molecule has 0 saturated heterocycles. The van der Waals surface area contributed by atoms with E-state index in [9.17, 15) is 12.8 Å². The van der Waals surface area contributed by atoms with Crippen molar-refractivity contribution in [2.24, 2.45) is 0 Å². The maximum atomic E-state index is 12.8. The zero-order valence-electron chi connectivity index (χ0n) is 7.77. The first-order chi connectivity index (χ1) is 6.48. The van der Waals surface area contributed by atoms with Gasteiger partial charge in [-0.2, -0.15) is 0 Å². The molecule has 2 nitrogen and oxygen atoms in total. The van der Waals surface area contributed by atoms with Crippen LogP contribution in [0.3, 0.4) is 0 Å². The third kappa shape index (κ3) is 1.80. The molecule has 4 heteroatoms. The summed E-state index contributed by atoms with van der Waals surface area (Å²) in [4.78, 5) is 0. The molecule has 0 heterocycles. The fourth-order valence-corrected chi connectivity index (χ4v) is 3.04. The smallest absolute Gasteiger partial charge is 0.150 e. The Balaban J connectivity index is 2.22. The second-order valence-corrected chi connectivity index (χ2v) is 6.03. The second-order valence-electron chi connectivity index (χ2n) is 3.77. The predicted octanol–water partition coefficient (Wildman–Crippen LogP) is 1.73. The normalized spacial score (nSPS) is 26.1. The molecule has 0 N–H and O–H groups in total. The Morgan fingerprint density at radius 1 is 1.43 bits per heavy atom. The molecule has 0 radical (unpaired) electrons. The molecule has 76 valence electrons. The number of benzene rings is 1. The van der Waals surface area contributed by atoms with Crippen LogP contribution < -0.4 is 0 Å². The van der Waals surface area contributed by atoms with Crippen LogP contribution in [0.4, 0.5) is 4.39 Å². The summed E-state index contributed by atoms with van der Waals surface area (Å²) < 4.78 is 35.2. The molecule has 0 bridgehead atoms. The third-order valence-electron chi connectivity index (χ3n) is 2.56. The lowest BCUT2D eigenvalue weighted by molar-refractivity contribution is 0.599. The van der Waals surface area contributed by atoms with Crippen molar-refractivity contribution < 1.29 is 12.8 Å². The van der Waals surface area contributed by atoms with E-state index in [-0.39, 0.29) is 17.0 Å². The number of halogens is 1. The highest BCUT2D eigenvalue weighted by Gasteiger charge is 2.45. The molecular weight excluding hydrogens is 203 g/mol. The van der Waals surface area contributed by atoms with E-state index in [4.69, 9.17) is 0 Å². The lowest BCUT2D eigenvalue weighted by Gasteiger charge is -1.98. The fourth-order valence-electron chi connectivity index (χ4n) is 1.73. The number of sulfone groups is 1. The Morgan fingerprint density at radius 3 is 2.64 bits per heavy atom. The van der Waals surface area contributed by atoms with E-state index < -0.39 is 9.84 Å². The van der Waals surface area contributed by atoms with Crippen LogP contribution in [0, 0.1) is 5.82 Å². The third-order valence-corrected chi connectivity index (χ3v) is 4.18. The van der Waals surface area contributed by atoms with Gasteiger partial charge in [0.15, 0.2) is 9.84 Å². The van der Waals surface area contributed by atoms with Gasteiger partial charge in [-0.3, -0.25) is 0 Å². The Labute approximate surface area is 82.7 Å². The van der Waals surface area contributed by atoms with E-state index in [1.165, 1.54) is 18.4 Å². The Kier molecular flexibility index (Phi) is 2.10. The molecule has 0 spiro atoms. The van der Waals surface area contributed by atoms with Crippen LogP contribution in [0.2, 0.25) is 0 Å². The first-order valence-corrected chi connectivity index (χ1v) is 6.38. The zero-order chi connectivity index (χ0) is 10.3. The van der Waals surface area contributed by atoms with Crippen LogP contribution in [0.15, 0.2) is 24.3 Å². The van der Waals surface area contributed by atoms with Crippen molar-refractivity contribution in [3.8, 4) is 0 Å². The highest BCUT2D eigenvalue weighted by molar-refractivity contribution is 7.91. The van der Waals surface area contributed by atoms with E-state index in [0.717, 1.165) is 5.56 Å². The summed E-state index contributed by atoms with van der Waals surface area (Å²) >= 11 is 0. The van der Waals surface area contributed by atoms with Crippen molar-refractivity contribution in [2.75, 3.05) is 6.26 Å². The van der Waals surface area contributed by atoms with Crippen LogP contribution in [0.5, 0.6) is 0 Å². The van der Waals surface area contributed by atoms with Crippen molar-refractivity contribution >= 4 is 9.84 Å². The van der Waals surface area contributed by atoms with E-state index in [2.05, 4.69) is 0 Å². The van der Waals surface area contributed by atoms with Gasteiger partial charge in [0, 0.05) is 12.2 Å². The molecule has 14 heavy (non-hydrogen) atoms. The topological polar surface area (TPSA) is 34.1 Å². The van der Waals surface area contributed by atoms with Gasteiger partial charge in [-0.15, -0.1) is 0 Å². The quantitative estimate of drug-likeness (QED) is 0.751. The van der Waals surface area contributed by atoms with Crippen LogP contribution >= 0.6 is 0 Å². The van der Waals surface area contributed by atoms with Crippen LogP contribution in [-0.4, -0.2) is 19.9 Å². The van der Waals surface area contributed by atoms with Gasteiger partial charge in [-0.05, 0) is 24.1 Å². The van der Waals surface area contributed by atoms with Gasteiger partial charge in [0.05, 0.1) is 5.25 Å². The molecule has 0 unspecified atom stereocenters. The molecule has 0 aromatic heterocycles. The number of rotatable bonds is 2. The van der Waals surface area contributed by atoms with Crippen molar-refractivity contribution in [3.05, 3.63) is 35.6 Å². The highest BCUT2D eigenvalue weighted by Crippen LogP contribution is 2.45. The van der Waals surface area contributed by atoms with Gasteiger partial charge < -0.3 is 0 Å². The molecular formula is C10H11FO2S. The first-order valence-electron chi connectivity index (χ1n) is 4.43. The number of hydrogen-bond acceptors (Lipinski definition) is 2. The molecule has 0 aliphatic heterocycles. The Morgan fingerprint density at radius 2 is 2.14 bits per heavy atom. The lowest BCUT2D eigenvalue weighted by atomic mass is 10.1. The molecule has 1 aliphatic carbocycles. The summed E-state index contributed by atoms with van der Waals surface area (Å²) in [6, 6.07) is 6.17. The minimum absolute atomic E-state index is 0.000648. The van der Waals surface area contributed by atoms with Crippen molar-refractivity contribution in [3.63, 3.8) is 0 Å². The molecule has 1 saturated carbocycles. The van der Waals surface area contributed by atoms with E-state index in [1.807, 2.05) is 0 Å². The average Bonchev–Trinajstić information content (AvgIpc) is 2.81. The average molecular weight is 214 g/mol. The summed E-state index contributed by atoms with van der Waals surface area (Å²) in [5.41, 5.74) is 0.792. The molecule has 1 aromatic carbocycles. The van der Waals surface area contributed by atoms with E-state index in [1.54, 1.807) is 12.1 Å². The van der Waals surface area contributed by atoms with E-state index >= 15 is 0 Å². The first kappa shape index (κ1) is 9.65. The maximum Gasteiger partial charge on any atom is 0.150 e. The van der Waals surface area contributed by atoms with Gasteiger partial charge in [-0.25, -0.2) is 12.8 Å². The van der Waals surface area contributed by atoms with Crippen molar-refractivity contribution in [2.45, 2.75) is 17.6 Å². The SMILES string of the molecule is CS(=O)(=O)[C@H]1C[C@@H]1c1cccc(F)c1. The summed E-state index contributed by atoms with van der Waals surface area (Å²) in [6.07, 6.45) is 1.86.